The van der Waals surface area contributed by atoms with E-state index < -0.39 is 5.97 Å². The van der Waals surface area contributed by atoms with Crippen molar-refractivity contribution in [3.8, 4) is 0 Å². The highest BCUT2D eigenvalue weighted by molar-refractivity contribution is 5.79. The van der Waals surface area contributed by atoms with Gasteiger partial charge in [-0.1, -0.05) is 6.08 Å². The second-order valence-electron chi connectivity index (χ2n) is 3.61. The molecule has 0 aromatic carbocycles. The largest absolute Gasteiger partial charge is 0.478 e. The van der Waals surface area contributed by atoms with E-state index in [9.17, 15) is 9.59 Å². The molecule has 0 saturated heterocycles. The van der Waals surface area contributed by atoms with Crippen molar-refractivity contribution in [1.29, 1.82) is 0 Å². The summed E-state index contributed by atoms with van der Waals surface area (Å²) in [5, 5.41) is 12.6. The predicted octanol–water partition coefficient (Wildman–Crippen LogP) is 0.445. The highest BCUT2D eigenvalue weighted by Gasteiger charge is 2.03. The van der Waals surface area contributed by atoms with E-state index >= 15 is 0 Å². The Morgan fingerprint density at radius 1 is 1.53 bits per heavy atom. The minimum atomic E-state index is -1.03. The number of hydrogen-bond donors (Lipinski definition) is 1. The van der Waals surface area contributed by atoms with Crippen LogP contribution in [0.15, 0.2) is 35.4 Å². The van der Waals surface area contributed by atoms with Gasteiger partial charge in [0, 0.05) is 25.0 Å². The number of hydrogen-bond acceptors (Lipinski definition) is 3. The third-order valence-electron chi connectivity index (χ3n) is 2.29. The molecule has 0 aliphatic rings. The van der Waals surface area contributed by atoms with Gasteiger partial charge in [-0.25, -0.2) is 9.31 Å². The molecule has 0 atom stereocenters. The summed E-state index contributed by atoms with van der Waals surface area (Å²) in [5.41, 5.74) is 1.05. The van der Waals surface area contributed by atoms with E-state index in [4.69, 9.17) is 5.11 Å². The quantitative estimate of drug-likeness (QED) is 0.780. The molecule has 2 rings (SSSR count). The Bertz CT molecular complexity index is 652. The van der Waals surface area contributed by atoms with Gasteiger partial charge in [0.05, 0.1) is 5.69 Å². The van der Waals surface area contributed by atoms with Gasteiger partial charge in [-0.15, -0.1) is 0 Å². The summed E-state index contributed by atoms with van der Waals surface area (Å²) < 4.78 is 2.94. The zero-order valence-corrected chi connectivity index (χ0v) is 9.20. The minimum Gasteiger partial charge on any atom is -0.478 e. The number of nitrogens with zero attached hydrogens (tertiary/aromatic N) is 3. The molecule has 0 bridgehead atoms. The van der Waals surface area contributed by atoms with Gasteiger partial charge < -0.3 is 9.67 Å². The van der Waals surface area contributed by atoms with Crippen LogP contribution in [0.25, 0.3) is 5.52 Å². The molecule has 88 valence electrons. The fourth-order valence-electron chi connectivity index (χ4n) is 1.56. The fourth-order valence-corrected chi connectivity index (χ4v) is 1.56. The third-order valence-corrected chi connectivity index (χ3v) is 2.29. The average Bonchev–Trinajstić information content (AvgIpc) is 2.63. The molecule has 2 aromatic heterocycles. The Morgan fingerprint density at radius 2 is 2.29 bits per heavy atom. The number of rotatable bonds is 3. The Labute approximate surface area is 96.4 Å². The minimum absolute atomic E-state index is 0.192. The lowest BCUT2D eigenvalue weighted by atomic mass is 10.4. The lowest BCUT2D eigenvalue weighted by Crippen LogP contribution is -2.20. The summed E-state index contributed by atoms with van der Waals surface area (Å²) in [6.45, 7) is 2.03. The SMILES string of the molecule is Cc1cc2c(=O)n(C/C=C/C(=O)O)ccn2n1. The summed E-state index contributed by atoms with van der Waals surface area (Å²) in [6, 6.07) is 1.69. The first-order valence-electron chi connectivity index (χ1n) is 5.03. The van der Waals surface area contributed by atoms with Gasteiger partial charge in [0.1, 0.15) is 5.52 Å². The zero-order chi connectivity index (χ0) is 12.4. The van der Waals surface area contributed by atoms with Gasteiger partial charge in [-0.05, 0) is 13.0 Å². The number of fused-ring (bicyclic) bond motifs is 1. The molecule has 0 saturated carbocycles. The van der Waals surface area contributed by atoms with E-state index in [-0.39, 0.29) is 12.1 Å². The first-order chi connectivity index (χ1) is 8.08. The molecule has 6 nitrogen and oxygen atoms in total. The number of carboxylic acid groups (broad SMARTS) is 1. The molecule has 0 spiro atoms. The number of carboxylic acids is 1. The first-order valence-corrected chi connectivity index (χ1v) is 5.03. The summed E-state index contributed by atoms with van der Waals surface area (Å²) in [7, 11) is 0. The van der Waals surface area contributed by atoms with Gasteiger partial charge in [0.25, 0.3) is 5.56 Å². The molecule has 2 aromatic rings. The van der Waals surface area contributed by atoms with E-state index in [2.05, 4.69) is 5.10 Å². The number of aliphatic carboxylic acids is 1. The second-order valence-corrected chi connectivity index (χ2v) is 3.61. The Morgan fingerprint density at radius 3 is 3.00 bits per heavy atom. The lowest BCUT2D eigenvalue weighted by molar-refractivity contribution is -0.131. The van der Waals surface area contributed by atoms with Crippen molar-refractivity contribution < 1.29 is 9.90 Å². The topological polar surface area (TPSA) is 76.6 Å². The van der Waals surface area contributed by atoms with Gasteiger partial charge in [0.2, 0.25) is 0 Å². The molecule has 0 fully saturated rings. The van der Waals surface area contributed by atoms with E-state index in [1.807, 2.05) is 0 Å². The Kier molecular flexibility index (Phi) is 2.78. The molecule has 17 heavy (non-hydrogen) atoms. The van der Waals surface area contributed by atoms with Gasteiger partial charge >= 0.3 is 5.97 Å². The van der Waals surface area contributed by atoms with E-state index in [1.165, 1.54) is 15.2 Å². The molecule has 0 aliphatic heterocycles. The van der Waals surface area contributed by atoms with Crippen molar-refractivity contribution >= 4 is 11.5 Å². The van der Waals surface area contributed by atoms with Crippen LogP contribution in [0.3, 0.4) is 0 Å². The third kappa shape index (κ3) is 2.25. The molecule has 0 unspecified atom stereocenters. The molecule has 1 N–H and O–H groups in total. The number of carbonyl (C=O) groups is 1. The van der Waals surface area contributed by atoms with Crippen LogP contribution in [0.2, 0.25) is 0 Å². The highest BCUT2D eigenvalue weighted by Crippen LogP contribution is 1.99. The fraction of sp³-hybridized carbons (Fsp3) is 0.182. The van der Waals surface area contributed by atoms with Crippen LogP contribution in [-0.4, -0.2) is 25.3 Å². The van der Waals surface area contributed by atoms with Crippen LogP contribution < -0.4 is 5.56 Å². The summed E-state index contributed by atoms with van der Waals surface area (Å²) in [6.07, 6.45) is 5.67. The van der Waals surface area contributed by atoms with Crippen LogP contribution >= 0.6 is 0 Å². The van der Waals surface area contributed by atoms with Crippen LogP contribution in [0.5, 0.6) is 0 Å². The van der Waals surface area contributed by atoms with E-state index in [0.717, 1.165) is 11.8 Å². The Balaban J connectivity index is 2.39. The molecular formula is C11H11N3O3. The van der Waals surface area contributed by atoms with Crippen LogP contribution in [0, 0.1) is 6.92 Å². The van der Waals surface area contributed by atoms with Gasteiger partial charge in [-0.3, -0.25) is 4.79 Å². The van der Waals surface area contributed by atoms with Crippen molar-refractivity contribution in [2.45, 2.75) is 13.5 Å². The lowest BCUT2D eigenvalue weighted by Gasteiger charge is -2.01. The maximum atomic E-state index is 11.9. The van der Waals surface area contributed by atoms with Crippen molar-refractivity contribution in [2.75, 3.05) is 0 Å². The van der Waals surface area contributed by atoms with Crippen molar-refractivity contribution in [3.63, 3.8) is 0 Å². The molecule has 0 radical (unpaired) electrons. The first kappa shape index (κ1) is 11.1. The monoisotopic (exact) mass is 233 g/mol. The number of aromatic nitrogens is 3. The maximum absolute atomic E-state index is 11.9. The maximum Gasteiger partial charge on any atom is 0.328 e. The Hall–Kier alpha value is -2.37. The molecule has 2 heterocycles. The molecule has 0 amide bonds. The van der Waals surface area contributed by atoms with Crippen LogP contribution in [-0.2, 0) is 11.3 Å². The van der Waals surface area contributed by atoms with Crippen molar-refractivity contribution in [3.05, 3.63) is 46.7 Å². The van der Waals surface area contributed by atoms with E-state index in [0.29, 0.717) is 5.52 Å². The van der Waals surface area contributed by atoms with Crippen molar-refractivity contribution in [1.82, 2.24) is 14.2 Å². The number of allylic oxidation sites excluding steroid dienone is 1. The van der Waals surface area contributed by atoms with Gasteiger partial charge in [0.15, 0.2) is 0 Å². The molecule has 0 aliphatic carbocycles. The predicted molar refractivity (Wildman–Crippen MR) is 61.0 cm³/mol. The summed E-state index contributed by atoms with van der Waals surface area (Å²) in [5.74, 6) is -1.03. The average molecular weight is 233 g/mol. The van der Waals surface area contributed by atoms with Crippen LogP contribution in [0.1, 0.15) is 5.69 Å². The molecule has 6 heteroatoms. The van der Waals surface area contributed by atoms with E-state index in [1.54, 1.807) is 25.4 Å². The summed E-state index contributed by atoms with van der Waals surface area (Å²) >= 11 is 0. The van der Waals surface area contributed by atoms with Crippen LogP contribution in [0.4, 0.5) is 0 Å². The standard InChI is InChI=1S/C11H11N3O3/c1-8-7-9-11(17)13(4-2-3-10(15)16)5-6-14(9)12-8/h2-3,5-7H,4H2,1H3,(H,15,16)/b3-2+. The second kappa shape index (κ2) is 4.25. The highest BCUT2D eigenvalue weighted by atomic mass is 16.4. The molecular weight excluding hydrogens is 222 g/mol. The smallest absolute Gasteiger partial charge is 0.328 e. The number of aryl methyl sites for hydroxylation is 1. The van der Waals surface area contributed by atoms with Crippen molar-refractivity contribution in [2.24, 2.45) is 0 Å². The normalized spacial score (nSPS) is 11.4. The van der Waals surface area contributed by atoms with Gasteiger partial charge in [-0.2, -0.15) is 5.10 Å². The summed E-state index contributed by atoms with van der Waals surface area (Å²) in [4.78, 5) is 22.2. The zero-order valence-electron chi connectivity index (χ0n) is 9.20.